The Morgan fingerprint density at radius 1 is 1.21 bits per heavy atom. The number of benzene rings is 2. The highest BCUT2D eigenvalue weighted by Gasteiger charge is 2.16. The van der Waals surface area contributed by atoms with E-state index in [0.29, 0.717) is 18.3 Å². The number of carboxylic acids is 1. The maximum Gasteiger partial charge on any atom is 0.339 e. The minimum Gasteiger partial charge on any atom is -0.496 e. The maximum atomic E-state index is 11.1. The third-order valence-corrected chi connectivity index (χ3v) is 4.13. The van der Waals surface area contributed by atoms with Gasteiger partial charge in [0.25, 0.3) is 0 Å². The summed E-state index contributed by atoms with van der Waals surface area (Å²) < 4.78 is 16.3. The van der Waals surface area contributed by atoms with E-state index < -0.39 is 5.97 Å². The summed E-state index contributed by atoms with van der Waals surface area (Å²) in [6.45, 7) is 2.26. The number of rotatable bonds is 6. The van der Waals surface area contributed by atoms with Gasteiger partial charge in [-0.3, -0.25) is 0 Å². The fourth-order valence-corrected chi connectivity index (χ4v) is 2.72. The van der Waals surface area contributed by atoms with Crippen LogP contribution in [0.15, 0.2) is 42.5 Å². The first-order chi connectivity index (χ1) is 11.7. The Morgan fingerprint density at radius 3 is 2.58 bits per heavy atom. The highest BCUT2D eigenvalue weighted by atomic mass is 16.5. The molecule has 0 saturated carbocycles. The number of aromatic carboxylic acids is 1. The van der Waals surface area contributed by atoms with Crippen LogP contribution < -0.4 is 9.47 Å². The molecular weight excluding hydrogens is 308 g/mol. The molecule has 5 nitrogen and oxygen atoms in total. The molecule has 1 saturated heterocycles. The van der Waals surface area contributed by atoms with Crippen LogP contribution >= 0.6 is 0 Å². The van der Waals surface area contributed by atoms with Crippen LogP contribution in [-0.2, 0) is 4.74 Å². The van der Waals surface area contributed by atoms with Gasteiger partial charge in [-0.2, -0.15) is 0 Å². The smallest absolute Gasteiger partial charge is 0.339 e. The van der Waals surface area contributed by atoms with Gasteiger partial charge >= 0.3 is 5.97 Å². The van der Waals surface area contributed by atoms with Gasteiger partial charge in [0.05, 0.1) is 20.3 Å². The van der Waals surface area contributed by atoms with Gasteiger partial charge in [0.1, 0.15) is 17.1 Å². The van der Waals surface area contributed by atoms with E-state index in [1.54, 1.807) is 18.2 Å². The summed E-state index contributed by atoms with van der Waals surface area (Å²) in [5.41, 5.74) is 2.02. The van der Waals surface area contributed by atoms with Crippen LogP contribution in [0.3, 0.4) is 0 Å². The van der Waals surface area contributed by atoms with Gasteiger partial charge in [0, 0.05) is 12.5 Å². The molecular formula is C19H20O5. The van der Waals surface area contributed by atoms with Crippen LogP contribution in [0.2, 0.25) is 0 Å². The second kappa shape index (κ2) is 7.36. The first-order valence-corrected chi connectivity index (χ1v) is 7.89. The fourth-order valence-electron chi connectivity index (χ4n) is 2.72. The fraction of sp³-hybridized carbons (Fsp3) is 0.316. The average molecular weight is 328 g/mol. The summed E-state index contributed by atoms with van der Waals surface area (Å²) in [4.78, 5) is 11.1. The molecule has 1 aliphatic heterocycles. The minimum atomic E-state index is -1.00. The zero-order valence-electron chi connectivity index (χ0n) is 13.5. The van der Waals surface area contributed by atoms with E-state index in [2.05, 4.69) is 0 Å². The Balaban J connectivity index is 1.71. The van der Waals surface area contributed by atoms with Crippen LogP contribution in [0.4, 0.5) is 0 Å². The summed E-state index contributed by atoms with van der Waals surface area (Å²) >= 11 is 0. The molecule has 5 heteroatoms. The lowest BCUT2D eigenvalue weighted by Gasteiger charge is -2.11. The summed E-state index contributed by atoms with van der Waals surface area (Å²) in [6, 6.07) is 12.8. The number of hydrogen-bond donors (Lipinski definition) is 1. The first kappa shape index (κ1) is 16.3. The van der Waals surface area contributed by atoms with Crippen LogP contribution in [0.25, 0.3) is 11.1 Å². The molecule has 1 aliphatic rings. The molecule has 3 rings (SSSR count). The van der Waals surface area contributed by atoms with Gasteiger partial charge in [0.2, 0.25) is 0 Å². The van der Waals surface area contributed by atoms with Crippen LogP contribution in [0.1, 0.15) is 16.8 Å². The van der Waals surface area contributed by atoms with E-state index in [0.717, 1.165) is 36.5 Å². The average Bonchev–Trinajstić information content (AvgIpc) is 3.13. The van der Waals surface area contributed by atoms with Crippen LogP contribution in [0.5, 0.6) is 11.5 Å². The third kappa shape index (κ3) is 3.68. The highest BCUT2D eigenvalue weighted by Crippen LogP contribution is 2.29. The van der Waals surface area contributed by atoms with E-state index in [4.69, 9.17) is 19.3 Å². The lowest BCUT2D eigenvalue weighted by atomic mass is 10.0. The highest BCUT2D eigenvalue weighted by molar-refractivity contribution is 5.92. The largest absolute Gasteiger partial charge is 0.496 e. The van der Waals surface area contributed by atoms with Gasteiger partial charge in [-0.25, -0.2) is 4.79 Å². The Bertz CT molecular complexity index is 702. The lowest BCUT2D eigenvalue weighted by Crippen LogP contribution is -2.11. The second-order valence-electron chi connectivity index (χ2n) is 5.79. The van der Waals surface area contributed by atoms with Crippen molar-refractivity contribution in [3.63, 3.8) is 0 Å². The van der Waals surface area contributed by atoms with E-state index in [1.165, 1.54) is 7.11 Å². The Morgan fingerprint density at radius 2 is 1.96 bits per heavy atom. The molecule has 1 N–H and O–H groups in total. The summed E-state index contributed by atoms with van der Waals surface area (Å²) in [6.07, 6.45) is 1.05. The van der Waals surface area contributed by atoms with E-state index in [9.17, 15) is 4.79 Å². The Kier molecular flexibility index (Phi) is 5.01. The molecule has 2 aromatic rings. The second-order valence-corrected chi connectivity index (χ2v) is 5.79. The van der Waals surface area contributed by atoms with Gasteiger partial charge in [0.15, 0.2) is 0 Å². The molecule has 0 radical (unpaired) electrons. The van der Waals surface area contributed by atoms with Crippen LogP contribution in [0, 0.1) is 5.92 Å². The van der Waals surface area contributed by atoms with Crippen molar-refractivity contribution in [2.24, 2.45) is 5.92 Å². The number of carbonyl (C=O) groups is 1. The van der Waals surface area contributed by atoms with E-state index >= 15 is 0 Å². The van der Waals surface area contributed by atoms with Gasteiger partial charge < -0.3 is 19.3 Å². The van der Waals surface area contributed by atoms with Crippen LogP contribution in [-0.4, -0.2) is 38.0 Å². The number of hydrogen-bond acceptors (Lipinski definition) is 4. The van der Waals surface area contributed by atoms with Crippen molar-refractivity contribution in [3.8, 4) is 22.6 Å². The number of carboxylic acid groups (broad SMARTS) is 1. The topological polar surface area (TPSA) is 65.0 Å². The molecule has 1 fully saturated rings. The standard InChI is InChI=1S/C19H20O5/c1-22-18-10-15(4-7-17(18)19(20)21)14-2-5-16(6-3-14)24-12-13-8-9-23-11-13/h2-7,10,13H,8-9,11-12H2,1H3,(H,20,21). The van der Waals surface area contributed by atoms with Crippen molar-refractivity contribution in [1.82, 2.24) is 0 Å². The van der Waals surface area contributed by atoms with Crippen molar-refractivity contribution < 1.29 is 24.1 Å². The summed E-state index contributed by atoms with van der Waals surface area (Å²) in [5, 5.41) is 9.14. The predicted octanol–water partition coefficient (Wildman–Crippen LogP) is 3.48. The normalized spacial score (nSPS) is 16.8. The summed E-state index contributed by atoms with van der Waals surface area (Å²) in [7, 11) is 1.47. The molecule has 24 heavy (non-hydrogen) atoms. The lowest BCUT2D eigenvalue weighted by molar-refractivity contribution is 0.0693. The van der Waals surface area contributed by atoms with Gasteiger partial charge in [-0.15, -0.1) is 0 Å². The summed E-state index contributed by atoms with van der Waals surface area (Å²) in [5.74, 6) is 0.636. The molecule has 0 aromatic heterocycles. The monoisotopic (exact) mass is 328 g/mol. The van der Waals surface area contributed by atoms with Crippen molar-refractivity contribution in [3.05, 3.63) is 48.0 Å². The molecule has 0 aliphatic carbocycles. The van der Waals surface area contributed by atoms with Gasteiger partial charge in [-0.1, -0.05) is 18.2 Å². The SMILES string of the molecule is COc1cc(-c2ccc(OCC3CCOC3)cc2)ccc1C(=O)O. The molecule has 0 spiro atoms. The van der Waals surface area contributed by atoms with Crippen molar-refractivity contribution in [2.75, 3.05) is 26.9 Å². The van der Waals surface area contributed by atoms with Crippen molar-refractivity contribution in [1.29, 1.82) is 0 Å². The number of ether oxygens (including phenoxy) is 3. The van der Waals surface area contributed by atoms with E-state index in [1.807, 2.05) is 24.3 Å². The third-order valence-electron chi connectivity index (χ3n) is 4.13. The number of methoxy groups -OCH3 is 1. The molecule has 0 amide bonds. The van der Waals surface area contributed by atoms with Crippen molar-refractivity contribution >= 4 is 5.97 Å². The Labute approximate surface area is 140 Å². The van der Waals surface area contributed by atoms with E-state index in [-0.39, 0.29) is 5.56 Å². The predicted molar refractivity (Wildman–Crippen MR) is 89.8 cm³/mol. The zero-order valence-corrected chi connectivity index (χ0v) is 13.5. The molecule has 2 aromatic carbocycles. The molecule has 1 unspecified atom stereocenters. The zero-order chi connectivity index (χ0) is 16.9. The maximum absolute atomic E-state index is 11.1. The quantitative estimate of drug-likeness (QED) is 0.879. The molecule has 1 heterocycles. The van der Waals surface area contributed by atoms with Gasteiger partial charge in [-0.05, 0) is 41.8 Å². The Hall–Kier alpha value is -2.53. The molecule has 1 atom stereocenters. The molecule has 0 bridgehead atoms. The van der Waals surface area contributed by atoms with Crippen molar-refractivity contribution in [2.45, 2.75) is 6.42 Å². The minimum absolute atomic E-state index is 0.153. The molecule has 126 valence electrons. The first-order valence-electron chi connectivity index (χ1n) is 7.89.